The Morgan fingerprint density at radius 2 is 2.04 bits per heavy atom. The molecule has 1 fully saturated rings. The van der Waals surface area contributed by atoms with Gasteiger partial charge in [0.25, 0.3) is 5.91 Å². The number of benzene rings is 1. The van der Waals surface area contributed by atoms with E-state index < -0.39 is 0 Å². The minimum absolute atomic E-state index is 0. The fourth-order valence-electron chi connectivity index (χ4n) is 3.47. The molecule has 3 rings (SSSR count). The molecule has 2 aromatic rings. The number of nitrogens with one attached hydrogen (secondary N) is 2. The summed E-state index contributed by atoms with van der Waals surface area (Å²) in [6.45, 7) is 8.80. The van der Waals surface area contributed by atoms with E-state index in [9.17, 15) is 4.79 Å². The van der Waals surface area contributed by atoms with Crippen LogP contribution in [-0.4, -0.2) is 28.8 Å². The molecule has 1 aromatic carbocycles. The Labute approximate surface area is 155 Å². The van der Waals surface area contributed by atoms with Crippen molar-refractivity contribution in [3.05, 3.63) is 52.3 Å². The van der Waals surface area contributed by atoms with E-state index in [1.165, 1.54) is 22.3 Å². The molecule has 1 aliphatic rings. The Balaban J connectivity index is 0.00000225. The van der Waals surface area contributed by atoms with Crippen LogP contribution in [0.3, 0.4) is 0 Å². The molecule has 0 saturated carbocycles. The number of rotatable bonds is 4. The zero-order chi connectivity index (χ0) is 17.1. The van der Waals surface area contributed by atoms with Crippen LogP contribution < -0.4 is 10.6 Å². The highest BCUT2D eigenvalue weighted by atomic mass is 35.5. The van der Waals surface area contributed by atoms with Gasteiger partial charge in [0.05, 0.1) is 6.04 Å². The van der Waals surface area contributed by atoms with E-state index in [2.05, 4.69) is 48.6 Å². The van der Waals surface area contributed by atoms with Crippen LogP contribution in [0, 0.1) is 20.8 Å². The number of carbonyl (C=O) groups is 1. The Kier molecular flexibility index (Phi) is 6.62. The average molecular weight is 363 g/mol. The summed E-state index contributed by atoms with van der Waals surface area (Å²) in [7, 11) is 0. The van der Waals surface area contributed by atoms with E-state index in [-0.39, 0.29) is 18.3 Å². The second kappa shape index (κ2) is 8.50. The number of aryl methyl sites for hydroxylation is 3. The van der Waals surface area contributed by atoms with Crippen LogP contribution in [0.25, 0.3) is 0 Å². The van der Waals surface area contributed by atoms with Gasteiger partial charge in [-0.1, -0.05) is 17.7 Å². The van der Waals surface area contributed by atoms with Crippen molar-refractivity contribution in [2.45, 2.75) is 46.2 Å². The number of aromatic nitrogens is 2. The fraction of sp³-hybridized carbons (Fsp3) is 0.474. The molecule has 2 N–H and O–H groups in total. The summed E-state index contributed by atoms with van der Waals surface area (Å²) in [4.78, 5) is 12.4. The molecule has 1 aliphatic heterocycles. The molecule has 25 heavy (non-hydrogen) atoms. The first-order chi connectivity index (χ1) is 11.5. The molecule has 0 bridgehead atoms. The third-order valence-corrected chi connectivity index (χ3v) is 4.75. The van der Waals surface area contributed by atoms with Crippen molar-refractivity contribution in [2.24, 2.45) is 0 Å². The summed E-state index contributed by atoms with van der Waals surface area (Å²) in [6, 6.07) is 6.46. The molecule has 6 heteroatoms. The maximum atomic E-state index is 12.4. The summed E-state index contributed by atoms with van der Waals surface area (Å²) in [5, 5.41) is 10.8. The van der Waals surface area contributed by atoms with Crippen LogP contribution in [0.2, 0.25) is 0 Å². The molecule has 1 saturated heterocycles. The Hall–Kier alpha value is -1.85. The summed E-state index contributed by atoms with van der Waals surface area (Å²) < 4.78 is 1.92. The van der Waals surface area contributed by atoms with Crippen molar-refractivity contribution in [1.82, 2.24) is 20.4 Å². The van der Waals surface area contributed by atoms with Gasteiger partial charge in [0, 0.05) is 19.3 Å². The van der Waals surface area contributed by atoms with Crippen LogP contribution >= 0.6 is 12.4 Å². The third kappa shape index (κ3) is 4.61. The predicted molar refractivity (Wildman–Crippen MR) is 102 cm³/mol. The van der Waals surface area contributed by atoms with Crippen molar-refractivity contribution in [1.29, 1.82) is 0 Å². The van der Waals surface area contributed by atoms with Gasteiger partial charge in [-0.15, -0.1) is 12.4 Å². The summed E-state index contributed by atoms with van der Waals surface area (Å²) >= 11 is 0. The highest BCUT2D eigenvalue weighted by Crippen LogP contribution is 2.17. The smallest absolute Gasteiger partial charge is 0.272 e. The fourth-order valence-corrected chi connectivity index (χ4v) is 3.47. The van der Waals surface area contributed by atoms with E-state index in [0.717, 1.165) is 25.9 Å². The van der Waals surface area contributed by atoms with Gasteiger partial charge >= 0.3 is 0 Å². The second-order valence-electron chi connectivity index (χ2n) is 6.74. The number of nitrogens with zero attached hydrogens (tertiary/aromatic N) is 2. The normalized spacial score (nSPS) is 17.0. The van der Waals surface area contributed by atoms with E-state index in [1.807, 2.05) is 10.9 Å². The number of amides is 1. The Bertz CT molecular complexity index is 712. The lowest BCUT2D eigenvalue weighted by Crippen LogP contribution is -2.32. The van der Waals surface area contributed by atoms with Gasteiger partial charge in [-0.25, -0.2) is 0 Å². The van der Waals surface area contributed by atoms with E-state index in [4.69, 9.17) is 0 Å². The van der Waals surface area contributed by atoms with Crippen LogP contribution in [0.1, 0.15) is 51.6 Å². The standard InChI is InChI=1S/C19H26N4O.ClH/c1-13-9-14(2)17(15(3)10-13)12-21-19(24)18-6-8-23(22-18)16-5-4-7-20-11-16;/h6,8-10,16,20H,4-5,7,11-12H2,1-3H3,(H,21,24);1H. The Morgan fingerprint density at radius 1 is 1.32 bits per heavy atom. The van der Waals surface area contributed by atoms with Crippen molar-refractivity contribution in [3.8, 4) is 0 Å². The maximum Gasteiger partial charge on any atom is 0.272 e. The van der Waals surface area contributed by atoms with Gasteiger partial charge in [-0.05, 0) is 62.9 Å². The van der Waals surface area contributed by atoms with Crippen LogP contribution in [0.15, 0.2) is 24.4 Å². The molecular formula is C19H27ClN4O. The first kappa shape index (κ1) is 19.5. The molecule has 136 valence electrons. The predicted octanol–water partition coefficient (Wildman–Crippen LogP) is 3.08. The minimum Gasteiger partial charge on any atom is -0.347 e. The van der Waals surface area contributed by atoms with Gasteiger partial charge in [-0.3, -0.25) is 9.48 Å². The quantitative estimate of drug-likeness (QED) is 0.878. The summed E-state index contributed by atoms with van der Waals surface area (Å²) in [5.74, 6) is -0.114. The largest absolute Gasteiger partial charge is 0.347 e. The molecule has 0 radical (unpaired) electrons. The molecule has 0 spiro atoms. The first-order valence-corrected chi connectivity index (χ1v) is 8.65. The average Bonchev–Trinajstić information content (AvgIpc) is 3.04. The second-order valence-corrected chi connectivity index (χ2v) is 6.74. The number of halogens is 1. The molecule has 0 aliphatic carbocycles. The van der Waals surface area contributed by atoms with Crippen molar-refractivity contribution < 1.29 is 4.79 Å². The number of carbonyl (C=O) groups excluding carboxylic acids is 1. The van der Waals surface area contributed by atoms with E-state index >= 15 is 0 Å². The summed E-state index contributed by atoms with van der Waals surface area (Å²) in [5.41, 5.74) is 5.35. The molecule has 1 amide bonds. The van der Waals surface area contributed by atoms with Crippen molar-refractivity contribution >= 4 is 18.3 Å². The lowest BCUT2D eigenvalue weighted by Gasteiger charge is -2.22. The molecule has 1 atom stereocenters. The van der Waals surface area contributed by atoms with Crippen LogP contribution in [-0.2, 0) is 6.54 Å². The lowest BCUT2D eigenvalue weighted by atomic mass is 10.00. The summed E-state index contributed by atoms with van der Waals surface area (Å²) in [6.07, 6.45) is 4.17. The highest BCUT2D eigenvalue weighted by Gasteiger charge is 2.17. The SMILES string of the molecule is Cc1cc(C)c(CNC(=O)c2ccn(C3CCCNC3)n2)c(C)c1.Cl. The monoisotopic (exact) mass is 362 g/mol. The highest BCUT2D eigenvalue weighted by molar-refractivity contribution is 5.92. The van der Waals surface area contributed by atoms with Crippen molar-refractivity contribution in [3.63, 3.8) is 0 Å². The van der Waals surface area contributed by atoms with Crippen LogP contribution in [0.5, 0.6) is 0 Å². The number of hydrogen-bond acceptors (Lipinski definition) is 3. The molecule has 1 unspecified atom stereocenters. The maximum absolute atomic E-state index is 12.4. The van der Waals surface area contributed by atoms with Gasteiger partial charge in [0.2, 0.25) is 0 Å². The van der Waals surface area contributed by atoms with E-state index in [1.54, 1.807) is 6.07 Å². The topological polar surface area (TPSA) is 59.0 Å². The molecule has 5 nitrogen and oxygen atoms in total. The van der Waals surface area contributed by atoms with E-state index in [0.29, 0.717) is 18.3 Å². The zero-order valence-electron chi connectivity index (χ0n) is 15.1. The molecule has 1 aromatic heterocycles. The van der Waals surface area contributed by atoms with Gasteiger partial charge in [-0.2, -0.15) is 5.10 Å². The van der Waals surface area contributed by atoms with Crippen LogP contribution in [0.4, 0.5) is 0 Å². The Morgan fingerprint density at radius 3 is 2.68 bits per heavy atom. The van der Waals surface area contributed by atoms with Crippen molar-refractivity contribution in [2.75, 3.05) is 13.1 Å². The minimum atomic E-state index is -0.114. The molecule has 2 heterocycles. The number of piperidine rings is 1. The van der Waals surface area contributed by atoms with Gasteiger partial charge in [0.1, 0.15) is 5.69 Å². The number of hydrogen-bond donors (Lipinski definition) is 2. The third-order valence-electron chi connectivity index (χ3n) is 4.75. The van der Waals surface area contributed by atoms with Gasteiger partial charge in [0.15, 0.2) is 0 Å². The zero-order valence-corrected chi connectivity index (χ0v) is 15.9. The van der Waals surface area contributed by atoms with Gasteiger partial charge < -0.3 is 10.6 Å². The molecular weight excluding hydrogens is 336 g/mol. The first-order valence-electron chi connectivity index (χ1n) is 8.65. The lowest BCUT2D eigenvalue weighted by molar-refractivity contribution is 0.0944.